The van der Waals surface area contributed by atoms with E-state index in [1.54, 1.807) is 31.3 Å². The maximum absolute atomic E-state index is 13.1. The molecule has 1 saturated carbocycles. The van der Waals surface area contributed by atoms with Gasteiger partial charge in [-0.25, -0.2) is 4.79 Å². The summed E-state index contributed by atoms with van der Waals surface area (Å²) in [7, 11) is 0. The molecule has 1 aromatic rings. The molecule has 0 aliphatic heterocycles. The van der Waals surface area contributed by atoms with E-state index in [1.807, 2.05) is 0 Å². The van der Waals surface area contributed by atoms with Crippen molar-refractivity contribution in [2.24, 2.45) is 5.92 Å². The average molecular weight is 315 g/mol. The first-order chi connectivity index (χ1) is 10.4. The fourth-order valence-electron chi connectivity index (χ4n) is 2.84. The molecular formula is C15H20F3N3O. The zero-order valence-corrected chi connectivity index (χ0v) is 12.4. The maximum Gasteiger partial charge on any atom is 0.408 e. The first-order valence-corrected chi connectivity index (χ1v) is 7.42. The summed E-state index contributed by atoms with van der Waals surface area (Å²) in [6, 6.07) is 2.14. The molecule has 1 aromatic heterocycles. The highest BCUT2D eigenvalue weighted by atomic mass is 19.4. The van der Waals surface area contributed by atoms with Crippen molar-refractivity contribution >= 4 is 6.03 Å². The van der Waals surface area contributed by atoms with E-state index >= 15 is 0 Å². The fraction of sp³-hybridized carbons (Fsp3) is 0.600. The van der Waals surface area contributed by atoms with Crippen LogP contribution in [0.5, 0.6) is 0 Å². The van der Waals surface area contributed by atoms with Gasteiger partial charge >= 0.3 is 12.2 Å². The Morgan fingerprint density at radius 3 is 2.50 bits per heavy atom. The zero-order chi connectivity index (χ0) is 16.2. The highest BCUT2D eigenvalue weighted by Gasteiger charge is 2.46. The minimum absolute atomic E-state index is 0.460. The van der Waals surface area contributed by atoms with Gasteiger partial charge in [0.1, 0.15) is 6.04 Å². The molecular weight excluding hydrogens is 295 g/mol. The van der Waals surface area contributed by atoms with Gasteiger partial charge < -0.3 is 10.6 Å². The SMILES string of the molecule is C[C@@H](NC(=O)N[C@H](C1CCCC1)C(F)(F)F)c1ccccn1. The van der Waals surface area contributed by atoms with E-state index in [2.05, 4.69) is 15.6 Å². The van der Waals surface area contributed by atoms with Gasteiger partial charge in [0.2, 0.25) is 0 Å². The monoisotopic (exact) mass is 315 g/mol. The van der Waals surface area contributed by atoms with Crippen molar-refractivity contribution < 1.29 is 18.0 Å². The first-order valence-electron chi connectivity index (χ1n) is 7.42. The van der Waals surface area contributed by atoms with Crippen LogP contribution in [0.2, 0.25) is 0 Å². The minimum Gasteiger partial charge on any atom is -0.330 e. The van der Waals surface area contributed by atoms with E-state index in [4.69, 9.17) is 0 Å². The van der Waals surface area contributed by atoms with Gasteiger partial charge in [0.05, 0.1) is 11.7 Å². The summed E-state index contributed by atoms with van der Waals surface area (Å²) in [6.07, 6.45) is -0.292. The summed E-state index contributed by atoms with van der Waals surface area (Å²) in [5, 5.41) is 4.61. The van der Waals surface area contributed by atoms with Gasteiger partial charge in [0, 0.05) is 6.20 Å². The summed E-state index contributed by atoms with van der Waals surface area (Å²) in [5.74, 6) is -0.532. The Hall–Kier alpha value is -1.79. The fourth-order valence-corrected chi connectivity index (χ4v) is 2.84. The van der Waals surface area contributed by atoms with Crippen molar-refractivity contribution in [3.05, 3.63) is 30.1 Å². The average Bonchev–Trinajstić information content (AvgIpc) is 2.98. The number of aromatic nitrogens is 1. The van der Waals surface area contributed by atoms with Gasteiger partial charge in [0.25, 0.3) is 0 Å². The maximum atomic E-state index is 13.1. The number of hydrogen-bond donors (Lipinski definition) is 2. The summed E-state index contributed by atoms with van der Waals surface area (Å²) in [6.45, 7) is 1.68. The van der Waals surface area contributed by atoms with E-state index in [-0.39, 0.29) is 0 Å². The van der Waals surface area contributed by atoms with Crippen LogP contribution in [0.15, 0.2) is 24.4 Å². The Kier molecular flexibility index (Phi) is 5.26. The third-order valence-corrected chi connectivity index (χ3v) is 3.99. The molecule has 22 heavy (non-hydrogen) atoms. The van der Waals surface area contributed by atoms with Crippen molar-refractivity contribution in [3.63, 3.8) is 0 Å². The lowest BCUT2D eigenvalue weighted by molar-refractivity contribution is -0.164. The van der Waals surface area contributed by atoms with Crippen LogP contribution in [0, 0.1) is 5.92 Å². The number of nitrogens with zero attached hydrogens (tertiary/aromatic N) is 1. The van der Waals surface area contributed by atoms with E-state index in [1.165, 1.54) is 0 Å². The lowest BCUT2D eigenvalue weighted by atomic mass is 9.98. The Labute approximate surface area is 127 Å². The number of nitrogens with one attached hydrogen (secondary N) is 2. The minimum atomic E-state index is -4.43. The molecule has 1 aliphatic rings. The normalized spacial score (nSPS) is 18.7. The summed E-state index contributed by atoms with van der Waals surface area (Å²) < 4.78 is 39.4. The highest BCUT2D eigenvalue weighted by molar-refractivity contribution is 5.74. The molecule has 0 bridgehead atoms. The number of amides is 2. The highest BCUT2D eigenvalue weighted by Crippen LogP contribution is 2.35. The van der Waals surface area contributed by atoms with Crippen molar-refractivity contribution in [1.29, 1.82) is 0 Å². The van der Waals surface area contributed by atoms with Crippen LogP contribution in [0.3, 0.4) is 0 Å². The molecule has 1 heterocycles. The number of carbonyl (C=O) groups excluding carboxylic acids is 1. The predicted octanol–water partition coefficient (Wildman–Crippen LogP) is 3.56. The number of alkyl halides is 3. The van der Waals surface area contributed by atoms with Gasteiger partial charge in [-0.05, 0) is 37.8 Å². The molecule has 0 saturated heterocycles. The molecule has 0 radical (unpaired) electrons. The lowest BCUT2D eigenvalue weighted by Crippen LogP contribution is -2.53. The van der Waals surface area contributed by atoms with Crippen molar-refractivity contribution in [1.82, 2.24) is 15.6 Å². The van der Waals surface area contributed by atoms with Gasteiger partial charge in [-0.1, -0.05) is 18.9 Å². The number of pyridine rings is 1. The van der Waals surface area contributed by atoms with Crippen LogP contribution in [0.4, 0.5) is 18.0 Å². The Balaban J connectivity index is 1.96. The Morgan fingerprint density at radius 1 is 1.27 bits per heavy atom. The molecule has 0 unspecified atom stereocenters. The lowest BCUT2D eigenvalue weighted by Gasteiger charge is -2.27. The van der Waals surface area contributed by atoms with Crippen molar-refractivity contribution in [2.45, 2.75) is 50.9 Å². The van der Waals surface area contributed by atoms with E-state index in [0.717, 1.165) is 12.8 Å². The van der Waals surface area contributed by atoms with Crippen molar-refractivity contribution in [3.8, 4) is 0 Å². The molecule has 122 valence electrons. The third kappa shape index (κ3) is 4.35. The largest absolute Gasteiger partial charge is 0.408 e. The van der Waals surface area contributed by atoms with Crippen LogP contribution in [-0.2, 0) is 0 Å². The van der Waals surface area contributed by atoms with Gasteiger partial charge in [-0.15, -0.1) is 0 Å². The standard InChI is InChI=1S/C15H20F3N3O/c1-10(12-8-4-5-9-19-12)20-14(22)21-13(15(16,17)18)11-6-2-3-7-11/h4-5,8-11,13H,2-3,6-7H2,1H3,(H2,20,21,22)/t10-,13-/m1/s1. The Morgan fingerprint density at radius 2 is 1.95 bits per heavy atom. The number of carbonyl (C=O) groups is 1. The second-order valence-corrected chi connectivity index (χ2v) is 5.66. The molecule has 1 aliphatic carbocycles. The van der Waals surface area contributed by atoms with E-state index < -0.39 is 30.2 Å². The van der Waals surface area contributed by atoms with Crippen LogP contribution in [-0.4, -0.2) is 23.2 Å². The van der Waals surface area contributed by atoms with Crippen LogP contribution >= 0.6 is 0 Å². The molecule has 2 amide bonds. The van der Waals surface area contributed by atoms with Gasteiger partial charge in [-0.3, -0.25) is 4.98 Å². The Bertz CT molecular complexity index is 487. The first kappa shape index (κ1) is 16.6. The van der Waals surface area contributed by atoms with Gasteiger partial charge in [0.15, 0.2) is 0 Å². The number of halogens is 3. The second-order valence-electron chi connectivity index (χ2n) is 5.66. The van der Waals surface area contributed by atoms with Crippen LogP contribution in [0.1, 0.15) is 44.3 Å². The zero-order valence-electron chi connectivity index (χ0n) is 12.4. The van der Waals surface area contributed by atoms with Gasteiger partial charge in [-0.2, -0.15) is 13.2 Å². The summed E-state index contributed by atoms with van der Waals surface area (Å²) in [5.41, 5.74) is 0.599. The topological polar surface area (TPSA) is 54.0 Å². The molecule has 2 rings (SSSR count). The van der Waals surface area contributed by atoms with Crippen LogP contribution < -0.4 is 10.6 Å². The molecule has 1 fully saturated rings. The third-order valence-electron chi connectivity index (χ3n) is 3.99. The second kappa shape index (κ2) is 6.98. The van der Waals surface area contributed by atoms with Crippen molar-refractivity contribution in [2.75, 3.05) is 0 Å². The molecule has 4 nitrogen and oxygen atoms in total. The van der Waals surface area contributed by atoms with E-state index in [9.17, 15) is 18.0 Å². The predicted molar refractivity (Wildman–Crippen MR) is 76.1 cm³/mol. The molecule has 2 N–H and O–H groups in total. The number of hydrogen-bond acceptors (Lipinski definition) is 2. The van der Waals surface area contributed by atoms with E-state index in [0.29, 0.717) is 18.5 Å². The summed E-state index contributed by atoms with van der Waals surface area (Å²) in [4.78, 5) is 16.0. The molecule has 2 atom stereocenters. The molecule has 0 aromatic carbocycles. The summed E-state index contributed by atoms with van der Waals surface area (Å²) >= 11 is 0. The smallest absolute Gasteiger partial charge is 0.330 e. The number of rotatable bonds is 4. The molecule has 0 spiro atoms. The molecule has 7 heteroatoms. The van der Waals surface area contributed by atoms with Crippen LogP contribution in [0.25, 0.3) is 0 Å². The quantitative estimate of drug-likeness (QED) is 0.892. The number of urea groups is 1.